The third-order valence-corrected chi connectivity index (χ3v) is 3.89. The first-order chi connectivity index (χ1) is 12.0. The van der Waals surface area contributed by atoms with Crippen molar-refractivity contribution in [2.24, 2.45) is 0 Å². The van der Waals surface area contributed by atoms with E-state index in [1.54, 1.807) is 18.2 Å². The number of hydrogen-bond acceptors (Lipinski definition) is 4. The summed E-state index contributed by atoms with van der Waals surface area (Å²) in [5, 5.41) is 2.53. The van der Waals surface area contributed by atoms with Gasteiger partial charge in [-0.1, -0.05) is 0 Å². The zero-order valence-electron chi connectivity index (χ0n) is 13.3. The number of hydrogen-bond donors (Lipinski definition) is 1. The zero-order chi connectivity index (χ0) is 18.0. The predicted octanol–water partition coefficient (Wildman–Crippen LogP) is 2.48. The van der Waals surface area contributed by atoms with Gasteiger partial charge in [0.1, 0.15) is 23.5 Å². The Labute approximate surface area is 142 Å². The van der Waals surface area contributed by atoms with E-state index in [4.69, 9.17) is 4.74 Å². The van der Waals surface area contributed by atoms with Crippen molar-refractivity contribution in [2.75, 3.05) is 13.7 Å². The second kappa shape index (κ2) is 6.88. The Bertz CT molecular complexity index is 838. The zero-order valence-corrected chi connectivity index (χ0v) is 13.3. The minimum atomic E-state index is -0.794. The van der Waals surface area contributed by atoms with Gasteiger partial charge in [-0.05, 0) is 42.0 Å². The molecule has 2 aromatic carbocycles. The van der Waals surface area contributed by atoms with Gasteiger partial charge in [-0.3, -0.25) is 4.79 Å². The molecule has 0 aromatic heterocycles. The lowest BCUT2D eigenvalue weighted by molar-refractivity contribution is 0.0600. The maximum absolute atomic E-state index is 13.6. The van der Waals surface area contributed by atoms with Crippen molar-refractivity contribution >= 4 is 11.9 Å². The van der Waals surface area contributed by atoms with Crippen LogP contribution in [0.15, 0.2) is 36.4 Å². The minimum Gasteiger partial charge on any atom is -0.488 e. The second-order valence-corrected chi connectivity index (χ2v) is 5.59. The summed E-state index contributed by atoms with van der Waals surface area (Å²) in [7, 11) is 1.30. The third-order valence-electron chi connectivity index (χ3n) is 3.89. The summed E-state index contributed by atoms with van der Waals surface area (Å²) in [6.45, 7) is 0.122. The molecule has 0 bridgehead atoms. The molecule has 1 atom stereocenters. The van der Waals surface area contributed by atoms with E-state index in [9.17, 15) is 18.4 Å². The van der Waals surface area contributed by atoms with Gasteiger partial charge in [0.15, 0.2) is 0 Å². The summed E-state index contributed by atoms with van der Waals surface area (Å²) in [6.07, 6.45) is 0.120. The molecule has 0 aliphatic carbocycles. The van der Waals surface area contributed by atoms with Crippen LogP contribution in [0.5, 0.6) is 5.75 Å². The lowest BCUT2D eigenvalue weighted by Gasteiger charge is -2.12. The van der Waals surface area contributed by atoms with Crippen LogP contribution in [0.25, 0.3) is 0 Å². The summed E-state index contributed by atoms with van der Waals surface area (Å²) in [5.74, 6) is -2.03. The number of rotatable bonds is 4. The highest BCUT2D eigenvalue weighted by atomic mass is 19.1. The Balaban J connectivity index is 1.62. The van der Waals surface area contributed by atoms with Gasteiger partial charge in [0.2, 0.25) is 0 Å². The Morgan fingerprint density at radius 3 is 2.80 bits per heavy atom. The molecular formula is C18H15F2NO4. The van der Waals surface area contributed by atoms with Crippen molar-refractivity contribution in [1.29, 1.82) is 0 Å². The Hall–Kier alpha value is -2.96. The number of benzene rings is 2. The normalized spacial score (nSPS) is 15.2. The van der Waals surface area contributed by atoms with Crippen molar-refractivity contribution < 1.29 is 27.8 Å². The molecule has 1 amide bonds. The maximum atomic E-state index is 13.6. The van der Waals surface area contributed by atoms with E-state index in [0.717, 1.165) is 23.8 Å². The molecule has 7 heteroatoms. The smallest absolute Gasteiger partial charge is 0.337 e. The number of methoxy groups -OCH3 is 1. The average molecular weight is 347 g/mol. The molecule has 3 rings (SSSR count). The van der Waals surface area contributed by atoms with E-state index >= 15 is 0 Å². The molecule has 5 nitrogen and oxygen atoms in total. The molecule has 1 aliphatic heterocycles. The lowest BCUT2D eigenvalue weighted by atomic mass is 10.1. The summed E-state index contributed by atoms with van der Waals surface area (Å²) in [4.78, 5) is 23.5. The maximum Gasteiger partial charge on any atom is 0.337 e. The number of fused-ring (bicyclic) bond motifs is 1. The fourth-order valence-electron chi connectivity index (χ4n) is 2.65. The number of carbonyl (C=O) groups is 2. The molecule has 0 saturated heterocycles. The van der Waals surface area contributed by atoms with E-state index in [1.807, 2.05) is 0 Å². The summed E-state index contributed by atoms with van der Waals surface area (Å²) in [5.41, 5.74) is 0.874. The quantitative estimate of drug-likeness (QED) is 0.863. The Morgan fingerprint density at radius 2 is 2.04 bits per heavy atom. The van der Waals surface area contributed by atoms with Crippen LogP contribution < -0.4 is 10.1 Å². The Kier molecular flexibility index (Phi) is 4.65. The SMILES string of the molecule is COC(=O)c1ccc2c(c1)C[C@H](CNC(=O)c1cc(F)ccc1F)O2. The largest absolute Gasteiger partial charge is 0.488 e. The topological polar surface area (TPSA) is 64.6 Å². The molecule has 25 heavy (non-hydrogen) atoms. The highest BCUT2D eigenvalue weighted by molar-refractivity contribution is 5.94. The molecule has 0 radical (unpaired) electrons. The monoisotopic (exact) mass is 347 g/mol. The van der Waals surface area contributed by atoms with Crippen molar-refractivity contribution in [3.8, 4) is 5.75 Å². The average Bonchev–Trinajstić information content (AvgIpc) is 3.03. The Morgan fingerprint density at radius 1 is 1.24 bits per heavy atom. The van der Waals surface area contributed by atoms with Crippen LogP contribution in [0.2, 0.25) is 0 Å². The first-order valence-corrected chi connectivity index (χ1v) is 7.59. The molecular weight excluding hydrogens is 332 g/mol. The van der Waals surface area contributed by atoms with Crippen molar-refractivity contribution in [3.05, 3.63) is 64.7 Å². The highest BCUT2D eigenvalue weighted by Gasteiger charge is 2.25. The number of halogens is 2. The second-order valence-electron chi connectivity index (χ2n) is 5.59. The van der Waals surface area contributed by atoms with Gasteiger partial charge in [0.25, 0.3) is 5.91 Å². The van der Waals surface area contributed by atoms with Gasteiger partial charge in [-0.25, -0.2) is 13.6 Å². The minimum absolute atomic E-state index is 0.122. The summed E-state index contributed by atoms with van der Waals surface area (Å²) >= 11 is 0. The molecule has 0 saturated carbocycles. The van der Waals surface area contributed by atoms with Crippen LogP contribution in [0.1, 0.15) is 26.3 Å². The fourth-order valence-corrected chi connectivity index (χ4v) is 2.65. The van der Waals surface area contributed by atoms with E-state index in [2.05, 4.69) is 10.1 Å². The van der Waals surface area contributed by atoms with Gasteiger partial charge in [-0.2, -0.15) is 0 Å². The van der Waals surface area contributed by atoms with Crippen LogP contribution >= 0.6 is 0 Å². The molecule has 0 fully saturated rings. The molecule has 0 spiro atoms. The lowest BCUT2D eigenvalue weighted by Crippen LogP contribution is -2.34. The number of nitrogens with one attached hydrogen (secondary N) is 1. The van der Waals surface area contributed by atoms with Crippen molar-refractivity contribution in [1.82, 2.24) is 5.32 Å². The van der Waals surface area contributed by atoms with Gasteiger partial charge in [0.05, 0.1) is 24.8 Å². The molecule has 1 heterocycles. The van der Waals surface area contributed by atoms with Gasteiger partial charge in [0, 0.05) is 6.42 Å². The first kappa shape index (κ1) is 16.9. The standard InChI is InChI=1S/C18H15F2NO4/c1-24-18(23)10-2-5-16-11(6-10)7-13(25-16)9-21-17(22)14-8-12(19)3-4-15(14)20/h2-6,8,13H,7,9H2,1H3,(H,21,22)/t13-/m1/s1. The number of carbonyl (C=O) groups excluding carboxylic acids is 2. The molecule has 1 aliphatic rings. The van der Waals surface area contributed by atoms with Crippen molar-refractivity contribution in [3.63, 3.8) is 0 Å². The highest BCUT2D eigenvalue weighted by Crippen LogP contribution is 2.29. The fraction of sp³-hybridized carbons (Fsp3) is 0.222. The van der Waals surface area contributed by atoms with Crippen LogP contribution in [0.4, 0.5) is 8.78 Å². The van der Waals surface area contributed by atoms with Crippen molar-refractivity contribution in [2.45, 2.75) is 12.5 Å². The number of esters is 1. The van der Waals surface area contributed by atoms with E-state index in [-0.39, 0.29) is 18.2 Å². The van der Waals surface area contributed by atoms with Crippen LogP contribution in [0, 0.1) is 11.6 Å². The molecule has 0 unspecified atom stereocenters. The van der Waals surface area contributed by atoms with E-state index in [1.165, 1.54) is 7.11 Å². The first-order valence-electron chi connectivity index (χ1n) is 7.59. The van der Waals surface area contributed by atoms with Gasteiger partial charge in [-0.15, -0.1) is 0 Å². The van der Waals surface area contributed by atoms with Crippen LogP contribution in [-0.2, 0) is 11.2 Å². The van der Waals surface area contributed by atoms with Gasteiger partial charge < -0.3 is 14.8 Å². The van der Waals surface area contributed by atoms with Crippen LogP contribution in [0.3, 0.4) is 0 Å². The van der Waals surface area contributed by atoms with E-state index < -0.39 is 23.5 Å². The predicted molar refractivity (Wildman–Crippen MR) is 84.6 cm³/mol. The number of ether oxygens (including phenoxy) is 2. The van der Waals surface area contributed by atoms with E-state index in [0.29, 0.717) is 17.7 Å². The van der Waals surface area contributed by atoms with Gasteiger partial charge >= 0.3 is 5.97 Å². The summed E-state index contributed by atoms with van der Waals surface area (Å²) < 4.78 is 37.1. The molecule has 2 aromatic rings. The van der Waals surface area contributed by atoms with Crippen LogP contribution in [-0.4, -0.2) is 31.6 Å². The third kappa shape index (κ3) is 3.60. The molecule has 130 valence electrons. The molecule has 1 N–H and O–H groups in total. The summed E-state index contributed by atoms with van der Waals surface area (Å²) in [6, 6.07) is 7.62. The number of amides is 1.